The molecule has 184 valence electrons. The predicted octanol–water partition coefficient (Wildman–Crippen LogP) is 8.01. The molecule has 0 saturated carbocycles. The smallest absolute Gasteiger partial charge is 0.257 e. The Kier molecular flexibility index (Phi) is 12.7. The van der Waals surface area contributed by atoms with Crippen molar-refractivity contribution in [2.24, 2.45) is 5.10 Å². The van der Waals surface area contributed by atoms with Crippen LogP contribution in [0.3, 0.4) is 0 Å². The van der Waals surface area contributed by atoms with E-state index in [1.54, 1.807) is 24.3 Å². The van der Waals surface area contributed by atoms with Crippen molar-refractivity contribution in [2.45, 2.75) is 78.1 Å². The maximum Gasteiger partial charge on any atom is 0.257 e. The lowest BCUT2D eigenvalue weighted by molar-refractivity contribution is -0.121. The van der Waals surface area contributed by atoms with Gasteiger partial charge in [0.25, 0.3) is 5.91 Å². The lowest BCUT2D eigenvalue weighted by Crippen LogP contribution is -2.19. The quantitative estimate of drug-likeness (QED) is 0.155. The van der Waals surface area contributed by atoms with Crippen molar-refractivity contribution in [2.75, 3.05) is 5.32 Å². The fourth-order valence-electron chi connectivity index (χ4n) is 3.56. The second-order valence-electron chi connectivity index (χ2n) is 8.47. The topological polar surface area (TPSA) is 70.6 Å². The summed E-state index contributed by atoms with van der Waals surface area (Å²) in [5, 5.41) is 7.80. The van der Waals surface area contributed by atoms with Crippen LogP contribution < -0.4 is 10.7 Å². The third-order valence-corrected chi connectivity index (χ3v) is 6.12. The second-order valence-corrected chi connectivity index (χ2v) is 9.31. The van der Waals surface area contributed by atoms with Crippen LogP contribution in [0.5, 0.6) is 0 Å². The van der Waals surface area contributed by atoms with Crippen LogP contribution in [0.2, 0.25) is 10.0 Å². The molecule has 0 aliphatic heterocycles. The van der Waals surface area contributed by atoms with Crippen molar-refractivity contribution in [1.82, 2.24) is 5.43 Å². The molecule has 0 bridgehead atoms. The van der Waals surface area contributed by atoms with Gasteiger partial charge in [0.05, 0.1) is 16.3 Å². The van der Waals surface area contributed by atoms with Gasteiger partial charge in [0.2, 0.25) is 5.91 Å². The molecule has 0 heterocycles. The first kappa shape index (κ1) is 27.9. The van der Waals surface area contributed by atoms with Gasteiger partial charge in [-0.05, 0) is 49.2 Å². The van der Waals surface area contributed by atoms with Gasteiger partial charge in [-0.15, -0.1) is 0 Å². The molecule has 0 aromatic heterocycles. The van der Waals surface area contributed by atoms with E-state index in [0.717, 1.165) is 18.4 Å². The Hall–Kier alpha value is -2.37. The van der Waals surface area contributed by atoms with E-state index in [4.69, 9.17) is 23.2 Å². The minimum absolute atomic E-state index is 0.0795. The number of hydrogen-bond donors (Lipinski definition) is 2. The highest BCUT2D eigenvalue weighted by Gasteiger charge is 2.11. The molecule has 0 atom stereocenters. The molecule has 0 spiro atoms. The lowest BCUT2D eigenvalue weighted by Gasteiger charge is -2.09. The minimum atomic E-state index is -0.331. The van der Waals surface area contributed by atoms with E-state index >= 15 is 0 Å². The number of amides is 2. The van der Waals surface area contributed by atoms with Crippen LogP contribution >= 0.6 is 23.2 Å². The number of hydrogen-bond acceptors (Lipinski definition) is 3. The number of carbonyl (C=O) groups excluding carboxylic acids is 2. The van der Waals surface area contributed by atoms with Crippen LogP contribution in [-0.4, -0.2) is 17.5 Å². The van der Waals surface area contributed by atoms with Gasteiger partial charge in [-0.25, -0.2) is 5.43 Å². The molecule has 0 aliphatic carbocycles. The summed E-state index contributed by atoms with van der Waals surface area (Å²) in [6.07, 6.45) is 11.4. The maximum atomic E-state index is 12.5. The molecule has 5 nitrogen and oxygen atoms in total. The fraction of sp³-hybridized carbons (Fsp3) is 0.444. The molecule has 0 aliphatic rings. The third-order valence-electron chi connectivity index (χ3n) is 5.57. The van der Waals surface area contributed by atoms with Gasteiger partial charge in [-0.3, -0.25) is 9.59 Å². The highest BCUT2D eigenvalue weighted by Crippen LogP contribution is 2.22. The Morgan fingerprint density at radius 1 is 0.882 bits per heavy atom. The Bertz CT molecular complexity index is 976. The predicted molar refractivity (Wildman–Crippen MR) is 143 cm³/mol. The summed E-state index contributed by atoms with van der Waals surface area (Å²) >= 11 is 12.0. The second kappa shape index (κ2) is 15.5. The molecular weight excluding hydrogens is 469 g/mol. The van der Waals surface area contributed by atoms with E-state index in [2.05, 4.69) is 22.8 Å². The molecule has 0 radical (unpaired) electrons. The molecule has 0 saturated heterocycles. The molecule has 7 heteroatoms. The summed E-state index contributed by atoms with van der Waals surface area (Å²) < 4.78 is 0. The summed E-state index contributed by atoms with van der Waals surface area (Å²) in [5.41, 5.74) is 5.02. The van der Waals surface area contributed by atoms with Gasteiger partial charge in [-0.1, -0.05) is 93.6 Å². The molecule has 2 aromatic rings. The van der Waals surface area contributed by atoms with E-state index in [1.807, 2.05) is 19.1 Å². The first-order valence-corrected chi connectivity index (χ1v) is 12.9. The van der Waals surface area contributed by atoms with E-state index in [9.17, 15) is 9.59 Å². The van der Waals surface area contributed by atoms with Crippen LogP contribution in [0.4, 0.5) is 5.69 Å². The number of carbonyl (C=O) groups is 2. The van der Waals surface area contributed by atoms with E-state index in [-0.39, 0.29) is 16.8 Å². The van der Waals surface area contributed by atoms with Crippen molar-refractivity contribution in [1.29, 1.82) is 0 Å². The number of rotatable bonds is 14. The number of hydrazone groups is 1. The van der Waals surface area contributed by atoms with E-state index in [0.29, 0.717) is 28.4 Å². The Balaban J connectivity index is 1.77. The summed E-state index contributed by atoms with van der Waals surface area (Å²) in [7, 11) is 0. The van der Waals surface area contributed by atoms with Crippen molar-refractivity contribution in [3.63, 3.8) is 0 Å². The summed E-state index contributed by atoms with van der Waals surface area (Å²) in [4.78, 5) is 24.7. The van der Waals surface area contributed by atoms with Gasteiger partial charge >= 0.3 is 0 Å². The fourth-order valence-corrected chi connectivity index (χ4v) is 4.05. The molecule has 2 aromatic carbocycles. The molecular formula is C27H35Cl2N3O2. The highest BCUT2D eigenvalue weighted by molar-refractivity contribution is 6.37. The van der Waals surface area contributed by atoms with Crippen LogP contribution in [0.1, 0.15) is 94.0 Å². The summed E-state index contributed by atoms with van der Waals surface area (Å²) in [6, 6.07) is 12.0. The number of nitrogens with zero attached hydrogens (tertiary/aromatic N) is 1. The lowest BCUT2D eigenvalue weighted by atomic mass is 10.1. The zero-order valence-corrected chi connectivity index (χ0v) is 21.6. The van der Waals surface area contributed by atoms with Crippen LogP contribution in [0.15, 0.2) is 47.6 Å². The highest BCUT2D eigenvalue weighted by atomic mass is 35.5. The largest absolute Gasteiger partial charge is 0.322 e. The van der Waals surface area contributed by atoms with Gasteiger partial charge in [0.15, 0.2) is 0 Å². The Morgan fingerprint density at radius 3 is 2.24 bits per heavy atom. The zero-order chi connectivity index (χ0) is 24.8. The first-order chi connectivity index (χ1) is 16.4. The van der Waals surface area contributed by atoms with E-state index < -0.39 is 0 Å². The molecule has 34 heavy (non-hydrogen) atoms. The molecule has 2 N–H and O–H groups in total. The van der Waals surface area contributed by atoms with Crippen molar-refractivity contribution in [3.05, 3.63) is 63.6 Å². The van der Waals surface area contributed by atoms with Crippen molar-refractivity contribution >= 4 is 46.4 Å². The summed E-state index contributed by atoms with van der Waals surface area (Å²) in [5.74, 6) is -0.410. The summed E-state index contributed by atoms with van der Waals surface area (Å²) in [6.45, 7) is 4.05. The van der Waals surface area contributed by atoms with Crippen molar-refractivity contribution < 1.29 is 9.59 Å². The number of halogens is 2. The van der Waals surface area contributed by atoms with Crippen LogP contribution in [0.25, 0.3) is 0 Å². The Labute approximate surface area is 213 Å². The maximum absolute atomic E-state index is 12.5. The number of unbranched alkanes of at least 4 members (excludes halogenated alkanes) is 8. The van der Waals surface area contributed by atoms with Gasteiger partial charge in [0.1, 0.15) is 0 Å². The Morgan fingerprint density at radius 2 is 1.56 bits per heavy atom. The molecule has 2 rings (SSSR count). The number of anilines is 1. The zero-order valence-electron chi connectivity index (χ0n) is 20.1. The van der Waals surface area contributed by atoms with Gasteiger partial charge in [0, 0.05) is 17.1 Å². The molecule has 0 unspecified atom stereocenters. The average molecular weight is 505 g/mol. The van der Waals surface area contributed by atoms with Crippen molar-refractivity contribution in [3.8, 4) is 0 Å². The molecule has 0 fully saturated rings. The van der Waals surface area contributed by atoms with Crippen LogP contribution in [-0.2, 0) is 4.79 Å². The first-order valence-electron chi connectivity index (χ1n) is 12.1. The third kappa shape index (κ3) is 10.3. The SMILES string of the molecule is CCCCCCCCCCCC(=O)N/N=C(/C)c1cccc(NC(=O)c2ccc(Cl)cc2Cl)c1. The van der Waals surface area contributed by atoms with Gasteiger partial charge < -0.3 is 5.32 Å². The average Bonchev–Trinajstić information content (AvgIpc) is 2.81. The normalized spacial score (nSPS) is 11.4. The number of benzene rings is 2. The minimum Gasteiger partial charge on any atom is -0.322 e. The molecule has 2 amide bonds. The monoisotopic (exact) mass is 503 g/mol. The van der Waals surface area contributed by atoms with E-state index in [1.165, 1.54) is 51.0 Å². The standard InChI is InChI=1S/C27H35Cl2N3O2/c1-3-4-5-6-7-8-9-10-11-15-26(33)32-31-20(2)21-13-12-14-23(18-21)30-27(34)24-17-16-22(28)19-25(24)29/h12-14,16-19H,3-11,15H2,1-2H3,(H,30,34)(H,32,33)/b31-20-. The number of nitrogens with one attached hydrogen (secondary N) is 2. The van der Waals surface area contributed by atoms with Gasteiger partial charge in [-0.2, -0.15) is 5.10 Å². The van der Waals surface area contributed by atoms with Crippen LogP contribution in [0, 0.1) is 0 Å².